The zero-order valence-electron chi connectivity index (χ0n) is 8.63. The molecule has 1 saturated carbocycles. The molecule has 0 saturated heterocycles. The number of pyridine rings is 1. The van der Waals surface area contributed by atoms with Gasteiger partial charge in [-0.2, -0.15) is 0 Å². The fraction of sp³-hybridized carbons (Fsp3) is 0.500. The van der Waals surface area contributed by atoms with Crippen LogP contribution in [-0.2, 0) is 4.79 Å². The zero-order valence-corrected chi connectivity index (χ0v) is 8.63. The maximum Gasteiger partial charge on any atom is 0.250 e. The van der Waals surface area contributed by atoms with Gasteiger partial charge >= 0.3 is 0 Å². The van der Waals surface area contributed by atoms with Crippen LogP contribution in [0.25, 0.3) is 0 Å². The monoisotopic (exact) mass is 205 g/mol. The van der Waals surface area contributed by atoms with Crippen LogP contribution in [0, 0.1) is 5.92 Å². The summed E-state index contributed by atoms with van der Waals surface area (Å²) in [6, 6.07) is 5.52. The third-order valence-corrected chi connectivity index (χ3v) is 3.18. The molecule has 0 unspecified atom stereocenters. The van der Waals surface area contributed by atoms with Gasteiger partial charge < -0.3 is 9.36 Å². The van der Waals surface area contributed by atoms with Crippen LogP contribution in [0.15, 0.2) is 29.2 Å². The second-order valence-electron chi connectivity index (χ2n) is 4.15. The average Bonchev–Trinajstić information content (AvgIpc) is 2.30. The van der Waals surface area contributed by atoms with E-state index >= 15 is 0 Å². The van der Waals surface area contributed by atoms with Crippen LogP contribution in [-0.4, -0.2) is 10.9 Å². The molecule has 0 N–H and O–H groups in total. The molecule has 3 nitrogen and oxygen atoms in total. The molecule has 0 spiro atoms. The van der Waals surface area contributed by atoms with Crippen LogP contribution in [0.1, 0.15) is 31.7 Å². The van der Waals surface area contributed by atoms with E-state index in [0.29, 0.717) is 0 Å². The molecule has 2 rings (SSSR count). The van der Waals surface area contributed by atoms with Crippen molar-refractivity contribution < 1.29 is 4.79 Å². The molecule has 0 amide bonds. The van der Waals surface area contributed by atoms with Gasteiger partial charge in [0, 0.05) is 24.2 Å². The summed E-state index contributed by atoms with van der Waals surface area (Å²) in [5.41, 5.74) is 0.0621. The molecule has 3 heteroatoms. The minimum Gasteiger partial charge on any atom is -0.312 e. The fourth-order valence-corrected chi connectivity index (χ4v) is 2.26. The molecule has 0 aliphatic heterocycles. The van der Waals surface area contributed by atoms with Gasteiger partial charge in [0.25, 0.3) is 5.56 Å². The Morgan fingerprint density at radius 1 is 1.20 bits per heavy atom. The highest BCUT2D eigenvalue weighted by atomic mass is 16.1. The van der Waals surface area contributed by atoms with Gasteiger partial charge in [0.15, 0.2) is 0 Å². The number of carbonyl (C=O) groups excluding carboxylic acids is 1. The van der Waals surface area contributed by atoms with Crippen molar-refractivity contribution in [1.82, 2.24) is 4.57 Å². The Kier molecular flexibility index (Phi) is 2.99. The molecule has 1 aliphatic carbocycles. The van der Waals surface area contributed by atoms with Crippen molar-refractivity contribution >= 4 is 6.29 Å². The van der Waals surface area contributed by atoms with Gasteiger partial charge in [-0.1, -0.05) is 6.07 Å². The van der Waals surface area contributed by atoms with E-state index in [9.17, 15) is 9.59 Å². The Balaban J connectivity index is 2.11. The second-order valence-corrected chi connectivity index (χ2v) is 4.15. The Morgan fingerprint density at radius 3 is 2.53 bits per heavy atom. The number of rotatable bonds is 2. The average molecular weight is 205 g/mol. The van der Waals surface area contributed by atoms with Gasteiger partial charge in [0.1, 0.15) is 6.29 Å². The lowest BCUT2D eigenvalue weighted by molar-refractivity contribution is -0.112. The summed E-state index contributed by atoms with van der Waals surface area (Å²) < 4.78 is 1.79. The summed E-state index contributed by atoms with van der Waals surface area (Å²) in [5.74, 6) is 0.209. The van der Waals surface area contributed by atoms with Crippen molar-refractivity contribution in [3.05, 3.63) is 34.7 Å². The molecule has 80 valence electrons. The molecule has 0 aromatic carbocycles. The summed E-state index contributed by atoms with van der Waals surface area (Å²) in [7, 11) is 0. The van der Waals surface area contributed by atoms with E-state index in [1.165, 1.54) is 0 Å². The van der Waals surface area contributed by atoms with Crippen LogP contribution in [0.2, 0.25) is 0 Å². The van der Waals surface area contributed by atoms with Crippen molar-refractivity contribution in [3.63, 3.8) is 0 Å². The van der Waals surface area contributed by atoms with Crippen LogP contribution in [0.3, 0.4) is 0 Å². The molecule has 1 fully saturated rings. The van der Waals surface area contributed by atoms with Gasteiger partial charge in [-0.3, -0.25) is 4.79 Å². The summed E-state index contributed by atoms with van der Waals surface area (Å²) in [4.78, 5) is 22.2. The summed E-state index contributed by atoms with van der Waals surface area (Å²) in [5, 5.41) is 0. The van der Waals surface area contributed by atoms with Gasteiger partial charge in [0.05, 0.1) is 0 Å². The molecule has 1 aromatic rings. The summed E-state index contributed by atoms with van der Waals surface area (Å²) in [6.45, 7) is 0. The van der Waals surface area contributed by atoms with E-state index in [4.69, 9.17) is 0 Å². The van der Waals surface area contributed by atoms with E-state index in [-0.39, 0.29) is 17.5 Å². The number of hydrogen-bond acceptors (Lipinski definition) is 2. The number of hydrogen-bond donors (Lipinski definition) is 0. The summed E-state index contributed by atoms with van der Waals surface area (Å²) >= 11 is 0. The molecule has 1 aliphatic rings. The van der Waals surface area contributed by atoms with Crippen LogP contribution < -0.4 is 5.56 Å². The molecule has 0 radical (unpaired) electrons. The van der Waals surface area contributed by atoms with E-state index in [1.54, 1.807) is 16.7 Å². The Morgan fingerprint density at radius 2 is 1.93 bits per heavy atom. The van der Waals surface area contributed by atoms with Crippen LogP contribution >= 0.6 is 0 Å². The fourth-order valence-electron chi connectivity index (χ4n) is 2.26. The quantitative estimate of drug-likeness (QED) is 0.690. The van der Waals surface area contributed by atoms with E-state index in [1.807, 2.05) is 12.3 Å². The highest BCUT2D eigenvalue weighted by molar-refractivity contribution is 5.53. The molecule has 0 atom stereocenters. The molecule has 1 aromatic heterocycles. The van der Waals surface area contributed by atoms with E-state index < -0.39 is 0 Å². The number of nitrogens with zero attached hydrogens (tertiary/aromatic N) is 1. The van der Waals surface area contributed by atoms with Crippen LogP contribution in [0.5, 0.6) is 0 Å². The number of aldehydes is 1. The van der Waals surface area contributed by atoms with Gasteiger partial charge in [-0.25, -0.2) is 0 Å². The first-order chi connectivity index (χ1) is 7.31. The third-order valence-electron chi connectivity index (χ3n) is 3.18. The summed E-state index contributed by atoms with van der Waals surface area (Å²) in [6.07, 6.45) is 6.59. The normalized spacial score (nSPS) is 26.1. The molecule has 1 heterocycles. The first-order valence-corrected chi connectivity index (χ1v) is 5.43. The van der Waals surface area contributed by atoms with Gasteiger partial charge in [-0.05, 0) is 31.7 Å². The van der Waals surface area contributed by atoms with E-state index in [2.05, 4.69) is 0 Å². The second kappa shape index (κ2) is 4.43. The minimum atomic E-state index is 0.0621. The molecule has 15 heavy (non-hydrogen) atoms. The Hall–Kier alpha value is -1.38. The predicted molar refractivity (Wildman–Crippen MR) is 57.8 cm³/mol. The SMILES string of the molecule is O=CC1CCC(n2ccccc2=O)CC1. The Bertz CT molecular complexity index is 389. The maximum absolute atomic E-state index is 11.6. The maximum atomic E-state index is 11.6. The van der Waals surface area contributed by atoms with Crippen molar-refractivity contribution in [2.75, 3.05) is 0 Å². The van der Waals surface area contributed by atoms with Crippen molar-refractivity contribution in [3.8, 4) is 0 Å². The van der Waals surface area contributed by atoms with Crippen molar-refractivity contribution in [2.45, 2.75) is 31.7 Å². The first-order valence-electron chi connectivity index (χ1n) is 5.43. The zero-order chi connectivity index (χ0) is 10.7. The topological polar surface area (TPSA) is 39.1 Å². The smallest absolute Gasteiger partial charge is 0.250 e. The highest BCUT2D eigenvalue weighted by Gasteiger charge is 2.21. The minimum absolute atomic E-state index is 0.0621. The third kappa shape index (κ3) is 2.17. The predicted octanol–water partition coefficient (Wildman–Crippen LogP) is 1.78. The lowest BCUT2D eigenvalue weighted by atomic mass is 9.87. The highest BCUT2D eigenvalue weighted by Crippen LogP contribution is 2.29. The van der Waals surface area contributed by atoms with Crippen molar-refractivity contribution in [2.24, 2.45) is 5.92 Å². The lowest BCUT2D eigenvalue weighted by Crippen LogP contribution is -2.27. The number of aromatic nitrogens is 1. The standard InChI is InChI=1S/C12H15NO2/c14-9-10-4-6-11(7-5-10)13-8-2-1-3-12(13)15/h1-3,8-11H,4-7H2. The molecule has 0 bridgehead atoms. The number of carbonyl (C=O) groups is 1. The lowest BCUT2D eigenvalue weighted by Gasteiger charge is -2.26. The van der Waals surface area contributed by atoms with E-state index in [0.717, 1.165) is 32.0 Å². The molecular formula is C12H15NO2. The van der Waals surface area contributed by atoms with Gasteiger partial charge in [-0.15, -0.1) is 0 Å². The molecular weight excluding hydrogens is 190 g/mol. The van der Waals surface area contributed by atoms with Crippen molar-refractivity contribution in [1.29, 1.82) is 0 Å². The largest absolute Gasteiger partial charge is 0.312 e. The van der Waals surface area contributed by atoms with Crippen LogP contribution in [0.4, 0.5) is 0 Å². The van der Waals surface area contributed by atoms with Gasteiger partial charge in [0.2, 0.25) is 0 Å². The Labute approximate surface area is 88.7 Å². The first kappa shape index (κ1) is 10.1.